The van der Waals surface area contributed by atoms with E-state index >= 15 is 0 Å². The maximum absolute atomic E-state index is 12.5. The second-order valence-electron chi connectivity index (χ2n) is 5.87. The summed E-state index contributed by atoms with van der Waals surface area (Å²) in [6.45, 7) is 1.86. The van der Waals surface area contributed by atoms with Gasteiger partial charge in [-0.2, -0.15) is 0 Å². The molecule has 3 rings (SSSR count). The summed E-state index contributed by atoms with van der Waals surface area (Å²) in [5.74, 6) is -0.935. The lowest BCUT2D eigenvalue weighted by Crippen LogP contribution is -2.41. The highest BCUT2D eigenvalue weighted by Crippen LogP contribution is 2.33. The van der Waals surface area contributed by atoms with Gasteiger partial charge >= 0.3 is 5.97 Å². The Morgan fingerprint density at radius 1 is 1.32 bits per heavy atom. The third-order valence-corrected chi connectivity index (χ3v) is 3.97. The highest BCUT2D eigenvalue weighted by atomic mass is 16.4. The molecule has 2 N–H and O–H groups in total. The van der Waals surface area contributed by atoms with Crippen LogP contribution in [0, 0.1) is 12.8 Å². The average Bonchev–Trinajstić information content (AvgIpc) is 3.29. The molecule has 1 fully saturated rings. The van der Waals surface area contributed by atoms with Gasteiger partial charge in [0.15, 0.2) is 0 Å². The Bertz CT molecular complexity index is 738. The number of amides is 1. The van der Waals surface area contributed by atoms with E-state index < -0.39 is 12.0 Å². The summed E-state index contributed by atoms with van der Waals surface area (Å²) >= 11 is 0. The molecule has 0 bridgehead atoms. The van der Waals surface area contributed by atoms with Gasteiger partial charge in [-0.15, -0.1) is 0 Å². The summed E-state index contributed by atoms with van der Waals surface area (Å²) in [6, 6.07) is 8.31. The summed E-state index contributed by atoms with van der Waals surface area (Å²) < 4.78 is 0. The molecule has 1 unspecified atom stereocenters. The molecule has 1 amide bonds. The summed E-state index contributed by atoms with van der Waals surface area (Å²) in [5, 5.41) is 12.8. The minimum Gasteiger partial charge on any atom is -0.480 e. The van der Waals surface area contributed by atoms with Crippen LogP contribution in [-0.4, -0.2) is 28.0 Å². The molecule has 1 heterocycles. The number of aromatic nitrogens is 1. The molecule has 1 aliphatic rings. The van der Waals surface area contributed by atoms with Crippen LogP contribution in [-0.2, 0) is 4.79 Å². The molecule has 0 spiro atoms. The van der Waals surface area contributed by atoms with Crippen LogP contribution in [0.15, 0.2) is 30.3 Å². The minimum atomic E-state index is -0.982. The molecule has 1 aromatic heterocycles. The van der Waals surface area contributed by atoms with Crippen molar-refractivity contribution in [1.29, 1.82) is 0 Å². The van der Waals surface area contributed by atoms with E-state index in [4.69, 9.17) is 0 Å². The number of benzene rings is 1. The number of hydrogen-bond donors (Lipinski definition) is 2. The number of nitrogens with one attached hydrogen (secondary N) is 1. The molecular formula is C17H18N2O3. The van der Waals surface area contributed by atoms with Crippen molar-refractivity contribution in [2.24, 2.45) is 5.92 Å². The molecule has 22 heavy (non-hydrogen) atoms. The Morgan fingerprint density at radius 2 is 2.09 bits per heavy atom. The Morgan fingerprint density at radius 3 is 2.77 bits per heavy atom. The Labute approximate surface area is 128 Å². The van der Waals surface area contributed by atoms with Gasteiger partial charge in [0, 0.05) is 11.1 Å². The molecule has 0 radical (unpaired) electrons. The van der Waals surface area contributed by atoms with Gasteiger partial charge in [-0.3, -0.25) is 9.78 Å². The SMILES string of the molecule is Cc1ccc2cccc(C(=O)NC(CC3CC3)C(=O)O)c2n1. The molecule has 1 atom stereocenters. The first-order chi connectivity index (χ1) is 10.5. The van der Waals surface area contributed by atoms with Gasteiger partial charge in [0.1, 0.15) is 6.04 Å². The van der Waals surface area contributed by atoms with Gasteiger partial charge < -0.3 is 10.4 Å². The molecule has 5 heteroatoms. The summed E-state index contributed by atoms with van der Waals surface area (Å²) in [7, 11) is 0. The van der Waals surface area contributed by atoms with Gasteiger partial charge in [0.05, 0.1) is 11.1 Å². The predicted octanol–water partition coefficient (Wildman–Crippen LogP) is 2.53. The second kappa shape index (κ2) is 5.75. The zero-order valence-corrected chi connectivity index (χ0v) is 12.4. The third-order valence-electron chi connectivity index (χ3n) is 3.97. The lowest BCUT2D eigenvalue weighted by Gasteiger charge is -2.15. The number of pyridine rings is 1. The van der Waals surface area contributed by atoms with Crippen LogP contribution >= 0.6 is 0 Å². The van der Waals surface area contributed by atoms with E-state index in [0.717, 1.165) is 23.9 Å². The number of para-hydroxylation sites is 1. The number of rotatable bonds is 5. The van der Waals surface area contributed by atoms with E-state index in [1.54, 1.807) is 12.1 Å². The highest BCUT2D eigenvalue weighted by Gasteiger charge is 2.30. The van der Waals surface area contributed by atoms with Crippen molar-refractivity contribution in [2.45, 2.75) is 32.2 Å². The van der Waals surface area contributed by atoms with E-state index in [9.17, 15) is 14.7 Å². The number of fused-ring (bicyclic) bond motifs is 1. The Kier molecular flexibility index (Phi) is 3.79. The van der Waals surface area contributed by atoms with Crippen molar-refractivity contribution in [3.63, 3.8) is 0 Å². The van der Waals surface area contributed by atoms with Crippen LogP contribution in [0.2, 0.25) is 0 Å². The largest absolute Gasteiger partial charge is 0.480 e. The summed E-state index contributed by atoms with van der Waals surface area (Å²) in [6.07, 6.45) is 2.60. The van der Waals surface area contributed by atoms with Crippen molar-refractivity contribution in [3.8, 4) is 0 Å². The van der Waals surface area contributed by atoms with Crippen molar-refractivity contribution >= 4 is 22.8 Å². The fourth-order valence-corrected chi connectivity index (χ4v) is 2.57. The van der Waals surface area contributed by atoms with E-state index in [1.807, 2.05) is 25.1 Å². The predicted molar refractivity (Wildman–Crippen MR) is 82.7 cm³/mol. The van der Waals surface area contributed by atoms with E-state index in [2.05, 4.69) is 10.3 Å². The first kappa shape index (κ1) is 14.5. The van der Waals surface area contributed by atoms with Crippen LogP contribution in [0.25, 0.3) is 10.9 Å². The van der Waals surface area contributed by atoms with Gasteiger partial charge in [-0.1, -0.05) is 31.0 Å². The van der Waals surface area contributed by atoms with Crippen LogP contribution in [0.4, 0.5) is 0 Å². The number of aliphatic carboxylic acids is 1. The number of hydrogen-bond acceptors (Lipinski definition) is 3. The van der Waals surface area contributed by atoms with E-state index in [-0.39, 0.29) is 5.91 Å². The van der Waals surface area contributed by atoms with Crippen LogP contribution in [0.1, 0.15) is 35.3 Å². The number of carboxylic acids is 1. The highest BCUT2D eigenvalue weighted by molar-refractivity contribution is 6.06. The first-order valence-electron chi connectivity index (χ1n) is 7.44. The van der Waals surface area contributed by atoms with Gasteiger partial charge in [-0.25, -0.2) is 4.79 Å². The fourth-order valence-electron chi connectivity index (χ4n) is 2.57. The van der Waals surface area contributed by atoms with Gasteiger partial charge in [0.25, 0.3) is 5.91 Å². The van der Waals surface area contributed by atoms with Crippen LogP contribution < -0.4 is 5.32 Å². The van der Waals surface area contributed by atoms with Crippen molar-refractivity contribution in [3.05, 3.63) is 41.6 Å². The number of aryl methyl sites for hydroxylation is 1. The van der Waals surface area contributed by atoms with Crippen LogP contribution in [0.5, 0.6) is 0 Å². The summed E-state index contributed by atoms with van der Waals surface area (Å²) in [5.41, 5.74) is 1.85. The Hall–Kier alpha value is -2.43. The molecule has 5 nitrogen and oxygen atoms in total. The summed E-state index contributed by atoms with van der Waals surface area (Å²) in [4.78, 5) is 28.2. The molecule has 114 valence electrons. The van der Waals surface area contributed by atoms with Gasteiger partial charge in [0.2, 0.25) is 0 Å². The maximum atomic E-state index is 12.5. The average molecular weight is 298 g/mol. The standard InChI is InChI=1S/C17H18N2O3/c1-10-5-8-12-3-2-4-13(15(12)18-10)16(20)19-14(17(21)22)9-11-6-7-11/h2-5,8,11,14H,6-7,9H2,1H3,(H,19,20)(H,21,22). The molecule has 0 saturated heterocycles. The zero-order valence-electron chi connectivity index (χ0n) is 12.4. The normalized spacial score (nSPS) is 15.5. The number of nitrogens with zero attached hydrogens (tertiary/aromatic N) is 1. The van der Waals surface area contributed by atoms with E-state index in [0.29, 0.717) is 23.4 Å². The molecule has 1 aliphatic carbocycles. The molecule has 2 aromatic rings. The van der Waals surface area contributed by atoms with Crippen molar-refractivity contribution in [1.82, 2.24) is 10.3 Å². The number of carbonyl (C=O) groups is 2. The first-order valence-corrected chi connectivity index (χ1v) is 7.44. The Balaban J connectivity index is 1.87. The number of carboxylic acid groups (broad SMARTS) is 1. The monoisotopic (exact) mass is 298 g/mol. The smallest absolute Gasteiger partial charge is 0.326 e. The maximum Gasteiger partial charge on any atom is 0.326 e. The second-order valence-corrected chi connectivity index (χ2v) is 5.87. The lowest BCUT2D eigenvalue weighted by molar-refractivity contribution is -0.139. The van der Waals surface area contributed by atoms with Crippen molar-refractivity contribution < 1.29 is 14.7 Å². The topological polar surface area (TPSA) is 79.3 Å². The quantitative estimate of drug-likeness (QED) is 0.889. The van der Waals surface area contributed by atoms with E-state index in [1.165, 1.54) is 0 Å². The molecule has 1 aromatic carbocycles. The number of carbonyl (C=O) groups excluding carboxylic acids is 1. The van der Waals surface area contributed by atoms with Crippen LogP contribution in [0.3, 0.4) is 0 Å². The van der Waals surface area contributed by atoms with Gasteiger partial charge in [-0.05, 0) is 31.4 Å². The fraction of sp³-hybridized carbons (Fsp3) is 0.353. The molecular weight excluding hydrogens is 280 g/mol. The third kappa shape index (κ3) is 3.08. The zero-order chi connectivity index (χ0) is 15.7. The minimum absolute atomic E-state index is 0.378. The van der Waals surface area contributed by atoms with Crippen molar-refractivity contribution in [2.75, 3.05) is 0 Å². The lowest BCUT2D eigenvalue weighted by atomic mass is 10.1. The molecule has 1 saturated carbocycles. The molecule has 0 aliphatic heterocycles.